The average Bonchev–Trinajstić information content (AvgIpc) is 3.23. The number of carbonyl (C=O) groups excluding carboxylic acids is 1. The molecule has 0 saturated carbocycles. The number of non-ortho nitro benzene ring substituents is 1. The second-order valence-corrected chi connectivity index (χ2v) is 9.76. The molecule has 5 rings (SSSR count). The van der Waals surface area contributed by atoms with Crippen LogP contribution in [0.4, 0.5) is 10.5 Å². The van der Waals surface area contributed by atoms with E-state index < -0.39 is 16.6 Å². The molecule has 2 bridgehead atoms. The lowest BCUT2D eigenvalue weighted by molar-refractivity contribution is -0.384. The van der Waals surface area contributed by atoms with E-state index in [1.54, 1.807) is 17.0 Å². The monoisotopic (exact) mass is 428 g/mol. The molecule has 4 heterocycles. The van der Waals surface area contributed by atoms with Gasteiger partial charge in [-0.25, -0.2) is 4.79 Å². The van der Waals surface area contributed by atoms with Crippen molar-refractivity contribution in [1.82, 2.24) is 15.1 Å². The number of carboxylic acid groups (broad SMARTS) is 1. The maximum absolute atomic E-state index is 12.2. The molecular formula is C22H28N4O5. The average molecular weight is 428 g/mol. The van der Waals surface area contributed by atoms with Crippen molar-refractivity contribution in [3.63, 3.8) is 0 Å². The molecule has 4 fully saturated rings. The lowest BCUT2D eigenvalue weighted by Crippen LogP contribution is -2.58. The second kappa shape index (κ2) is 7.19. The van der Waals surface area contributed by atoms with Crippen molar-refractivity contribution in [3.8, 4) is 0 Å². The van der Waals surface area contributed by atoms with Crippen molar-refractivity contribution in [2.45, 2.75) is 62.6 Å². The Morgan fingerprint density at radius 3 is 2.45 bits per heavy atom. The van der Waals surface area contributed by atoms with Crippen LogP contribution in [0.25, 0.3) is 0 Å². The second-order valence-electron chi connectivity index (χ2n) is 9.76. The van der Waals surface area contributed by atoms with Crippen molar-refractivity contribution in [3.05, 3.63) is 39.9 Å². The number of nitro benzene ring substituents is 1. The van der Waals surface area contributed by atoms with E-state index in [-0.39, 0.29) is 29.1 Å². The Morgan fingerprint density at radius 1 is 1.16 bits per heavy atom. The molecule has 166 valence electrons. The lowest BCUT2D eigenvalue weighted by atomic mass is 9.75. The SMILES string of the molecule is O=C1CC2(CCN(C3CC4CCC(c5ccc([N+](=O)[O-])cc5)(C3)N4C(=O)O)CC2)CN1. The summed E-state index contributed by atoms with van der Waals surface area (Å²) < 4.78 is 0. The van der Waals surface area contributed by atoms with Crippen molar-refractivity contribution < 1.29 is 19.6 Å². The summed E-state index contributed by atoms with van der Waals surface area (Å²) in [4.78, 5) is 38.7. The van der Waals surface area contributed by atoms with Gasteiger partial charge in [-0.15, -0.1) is 0 Å². The fourth-order valence-corrected chi connectivity index (χ4v) is 6.60. The molecule has 1 aromatic carbocycles. The molecule has 3 unspecified atom stereocenters. The summed E-state index contributed by atoms with van der Waals surface area (Å²) in [6.07, 6.45) is 4.77. The molecule has 9 nitrogen and oxygen atoms in total. The molecule has 2 N–H and O–H groups in total. The highest BCUT2D eigenvalue weighted by Gasteiger charge is 2.56. The number of nitro groups is 1. The topological polar surface area (TPSA) is 116 Å². The number of fused-ring (bicyclic) bond motifs is 2. The van der Waals surface area contributed by atoms with Gasteiger partial charge in [0.25, 0.3) is 5.69 Å². The molecule has 31 heavy (non-hydrogen) atoms. The quantitative estimate of drug-likeness (QED) is 0.565. The van der Waals surface area contributed by atoms with Gasteiger partial charge in [-0.05, 0) is 74.7 Å². The van der Waals surface area contributed by atoms with Crippen LogP contribution in [-0.4, -0.2) is 63.5 Å². The van der Waals surface area contributed by atoms with Gasteiger partial charge in [0.05, 0.1) is 10.5 Å². The first-order valence-electron chi connectivity index (χ1n) is 11.1. The minimum Gasteiger partial charge on any atom is -0.465 e. The van der Waals surface area contributed by atoms with Gasteiger partial charge in [0.1, 0.15) is 0 Å². The minimum absolute atomic E-state index is 0.0185. The number of hydrogen-bond acceptors (Lipinski definition) is 5. The molecule has 9 heteroatoms. The number of nitrogens with one attached hydrogen (secondary N) is 1. The first kappa shape index (κ1) is 20.2. The molecule has 1 aromatic rings. The van der Waals surface area contributed by atoms with Crippen molar-refractivity contribution in [2.24, 2.45) is 5.41 Å². The number of piperidine rings is 2. The molecule has 1 spiro atoms. The number of rotatable bonds is 3. The third kappa shape index (κ3) is 3.26. The zero-order valence-corrected chi connectivity index (χ0v) is 17.5. The van der Waals surface area contributed by atoms with Crippen LogP contribution in [0, 0.1) is 15.5 Å². The van der Waals surface area contributed by atoms with Crippen molar-refractivity contribution in [2.75, 3.05) is 19.6 Å². The lowest BCUT2D eigenvalue weighted by Gasteiger charge is -2.51. The largest absolute Gasteiger partial charge is 0.465 e. The van der Waals surface area contributed by atoms with Crippen molar-refractivity contribution in [1.29, 1.82) is 0 Å². The molecule has 4 aliphatic rings. The maximum Gasteiger partial charge on any atom is 0.408 e. The zero-order valence-electron chi connectivity index (χ0n) is 17.5. The van der Waals surface area contributed by atoms with Gasteiger partial charge in [-0.2, -0.15) is 0 Å². The zero-order chi connectivity index (χ0) is 21.8. The summed E-state index contributed by atoms with van der Waals surface area (Å²) in [7, 11) is 0. The molecule has 0 aliphatic carbocycles. The van der Waals surface area contributed by atoms with E-state index in [0.717, 1.165) is 57.3 Å². The van der Waals surface area contributed by atoms with Gasteiger partial charge in [-0.3, -0.25) is 19.8 Å². The molecule has 4 aliphatic heterocycles. The number of hydrogen-bond donors (Lipinski definition) is 2. The maximum atomic E-state index is 12.2. The Kier molecular flexibility index (Phi) is 4.69. The summed E-state index contributed by atoms with van der Waals surface area (Å²) in [5.74, 6) is 0.151. The normalized spacial score (nSPS) is 32.3. The fraction of sp³-hybridized carbons (Fsp3) is 0.636. The van der Waals surface area contributed by atoms with Gasteiger partial charge in [0.15, 0.2) is 0 Å². The van der Waals surface area contributed by atoms with Crippen LogP contribution in [0.15, 0.2) is 24.3 Å². The predicted octanol–water partition coefficient (Wildman–Crippen LogP) is 2.70. The van der Waals surface area contributed by atoms with Gasteiger partial charge < -0.3 is 15.3 Å². The van der Waals surface area contributed by atoms with Crippen LogP contribution in [0.5, 0.6) is 0 Å². The molecular weight excluding hydrogens is 400 g/mol. The van der Waals surface area contributed by atoms with Gasteiger partial charge >= 0.3 is 6.09 Å². The number of carbonyl (C=O) groups is 2. The summed E-state index contributed by atoms with van der Waals surface area (Å²) in [6, 6.07) is 6.68. The van der Waals surface area contributed by atoms with Gasteiger partial charge in [-0.1, -0.05) is 0 Å². The summed E-state index contributed by atoms with van der Waals surface area (Å²) in [5, 5.41) is 24.1. The van der Waals surface area contributed by atoms with Crippen molar-refractivity contribution >= 4 is 17.7 Å². The van der Waals surface area contributed by atoms with E-state index >= 15 is 0 Å². The van der Waals surface area contributed by atoms with Crippen LogP contribution in [0.3, 0.4) is 0 Å². The van der Waals surface area contributed by atoms with E-state index in [2.05, 4.69) is 10.2 Å². The number of benzene rings is 1. The molecule has 0 aromatic heterocycles. The third-order valence-corrected chi connectivity index (χ3v) is 8.23. The minimum atomic E-state index is -0.910. The molecule has 3 atom stereocenters. The Morgan fingerprint density at radius 2 is 1.87 bits per heavy atom. The van der Waals surface area contributed by atoms with Crippen LogP contribution < -0.4 is 5.32 Å². The first-order valence-corrected chi connectivity index (χ1v) is 11.1. The highest BCUT2D eigenvalue weighted by molar-refractivity contribution is 5.79. The number of amides is 2. The van der Waals surface area contributed by atoms with E-state index in [0.29, 0.717) is 12.8 Å². The third-order valence-electron chi connectivity index (χ3n) is 8.23. The fourth-order valence-electron chi connectivity index (χ4n) is 6.60. The van der Waals surface area contributed by atoms with Crippen LogP contribution >= 0.6 is 0 Å². The smallest absolute Gasteiger partial charge is 0.408 e. The summed E-state index contributed by atoms with van der Waals surface area (Å²) in [6.45, 7) is 2.62. The van der Waals surface area contributed by atoms with Gasteiger partial charge in [0, 0.05) is 37.2 Å². The van der Waals surface area contributed by atoms with E-state index in [1.807, 2.05) is 0 Å². The number of nitrogens with zero attached hydrogens (tertiary/aromatic N) is 3. The molecule has 0 radical (unpaired) electrons. The summed E-state index contributed by atoms with van der Waals surface area (Å²) in [5.41, 5.74) is 0.329. The predicted molar refractivity (Wildman–Crippen MR) is 112 cm³/mol. The summed E-state index contributed by atoms with van der Waals surface area (Å²) >= 11 is 0. The van der Waals surface area contributed by atoms with Crippen LogP contribution in [0.2, 0.25) is 0 Å². The van der Waals surface area contributed by atoms with Gasteiger partial charge in [0.2, 0.25) is 5.91 Å². The highest BCUT2D eigenvalue weighted by atomic mass is 16.6. The van der Waals surface area contributed by atoms with E-state index in [1.165, 1.54) is 12.1 Å². The van der Waals surface area contributed by atoms with E-state index in [9.17, 15) is 24.8 Å². The molecule has 2 amide bonds. The van der Waals surface area contributed by atoms with Crippen LogP contribution in [-0.2, 0) is 10.3 Å². The Hall–Kier alpha value is -2.68. The Balaban J connectivity index is 1.39. The molecule has 4 saturated heterocycles. The van der Waals surface area contributed by atoms with E-state index in [4.69, 9.17) is 0 Å². The first-order chi connectivity index (χ1) is 14.8. The highest BCUT2D eigenvalue weighted by Crippen LogP contribution is 2.52. The Bertz CT molecular complexity index is 911. The number of likely N-dealkylation sites (tertiary alicyclic amines) is 1. The Labute approximate surface area is 180 Å². The van der Waals surface area contributed by atoms with Crippen LogP contribution in [0.1, 0.15) is 50.5 Å². The standard InChI is InChI=1S/C22H28N4O5/c27-19-13-21(14-23-19)7-9-24(10-8-21)18-11-17-5-6-22(12-18,25(17)20(28)29)15-1-3-16(4-2-15)26(30)31/h1-4,17-18H,5-14H2,(H,23,27)(H,28,29).